The number of aryl methyl sites for hydroxylation is 1. The van der Waals surface area contributed by atoms with Gasteiger partial charge in [0, 0.05) is 5.38 Å². The van der Waals surface area contributed by atoms with E-state index in [1.54, 1.807) is 12.1 Å². The first-order valence-electron chi connectivity index (χ1n) is 7.14. The summed E-state index contributed by atoms with van der Waals surface area (Å²) in [5.41, 5.74) is 1.97. The van der Waals surface area contributed by atoms with Gasteiger partial charge >= 0.3 is 0 Å². The molecule has 3 rings (SSSR count). The van der Waals surface area contributed by atoms with Gasteiger partial charge in [-0.3, -0.25) is 10.1 Å². The normalized spacial score (nSPS) is 10.7. The van der Waals surface area contributed by atoms with Crippen LogP contribution in [0.1, 0.15) is 27.6 Å². The standard InChI is InChI=1S/C17H16N2O3S/c1-12-11-23-17(18-12)19-16(20)15-8-7-14(22-15)10-21-9-13-5-3-2-4-6-13/h2-8,11H,9-10H2,1H3,(H,18,19,20). The van der Waals surface area contributed by atoms with Crippen LogP contribution in [-0.4, -0.2) is 10.9 Å². The second kappa shape index (κ2) is 7.21. The quantitative estimate of drug-likeness (QED) is 0.742. The molecule has 23 heavy (non-hydrogen) atoms. The third kappa shape index (κ3) is 4.28. The minimum absolute atomic E-state index is 0.246. The van der Waals surface area contributed by atoms with Gasteiger partial charge in [0.15, 0.2) is 10.9 Å². The van der Waals surface area contributed by atoms with E-state index in [1.165, 1.54) is 11.3 Å². The molecule has 0 aliphatic carbocycles. The summed E-state index contributed by atoms with van der Waals surface area (Å²) < 4.78 is 11.1. The first-order valence-corrected chi connectivity index (χ1v) is 8.02. The Morgan fingerprint density at radius 2 is 2.04 bits per heavy atom. The van der Waals surface area contributed by atoms with E-state index in [0.29, 0.717) is 24.1 Å². The molecule has 0 saturated carbocycles. The predicted molar refractivity (Wildman–Crippen MR) is 88.4 cm³/mol. The first kappa shape index (κ1) is 15.5. The number of carbonyl (C=O) groups excluding carboxylic acids is 1. The van der Waals surface area contributed by atoms with Crippen molar-refractivity contribution in [1.29, 1.82) is 0 Å². The maximum Gasteiger partial charge on any atom is 0.293 e. The van der Waals surface area contributed by atoms with Crippen LogP contribution >= 0.6 is 11.3 Å². The van der Waals surface area contributed by atoms with Crippen molar-refractivity contribution in [2.24, 2.45) is 0 Å². The molecule has 0 aliphatic rings. The number of aromatic nitrogens is 1. The van der Waals surface area contributed by atoms with Crippen molar-refractivity contribution in [2.45, 2.75) is 20.1 Å². The van der Waals surface area contributed by atoms with E-state index >= 15 is 0 Å². The summed E-state index contributed by atoms with van der Waals surface area (Å²) in [6.07, 6.45) is 0. The zero-order valence-corrected chi connectivity index (χ0v) is 13.4. The Labute approximate surface area is 137 Å². The van der Waals surface area contributed by atoms with Crippen molar-refractivity contribution < 1.29 is 13.9 Å². The average Bonchev–Trinajstić information content (AvgIpc) is 3.18. The van der Waals surface area contributed by atoms with Crippen LogP contribution in [0.15, 0.2) is 52.3 Å². The highest BCUT2D eigenvalue weighted by molar-refractivity contribution is 7.13. The molecule has 0 spiro atoms. The average molecular weight is 328 g/mol. The second-order valence-electron chi connectivity index (χ2n) is 4.99. The van der Waals surface area contributed by atoms with Gasteiger partial charge in [0.1, 0.15) is 12.4 Å². The SMILES string of the molecule is Cc1csc(NC(=O)c2ccc(COCc3ccccc3)o2)n1. The van der Waals surface area contributed by atoms with Gasteiger partial charge in [-0.25, -0.2) is 4.98 Å². The molecule has 2 aromatic heterocycles. The largest absolute Gasteiger partial charge is 0.453 e. The van der Waals surface area contributed by atoms with Gasteiger partial charge in [-0.05, 0) is 24.6 Å². The number of anilines is 1. The van der Waals surface area contributed by atoms with Gasteiger partial charge in [-0.1, -0.05) is 30.3 Å². The smallest absolute Gasteiger partial charge is 0.293 e. The van der Waals surface area contributed by atoms with E-state index in [0.717, 1.165) is 11.3 Å². The van der Waals surface area contributed by atoms with E-state index in [2.05, 4.69) is 10.3 Å². The van der Waals surface area contributed by atoms with Gasteiger partial charge in [0.05, 0.1) is 12.3 Å². The molecule has 118 valence electrons. The Balaban J connectivity index is 1.52. The minimum Gasteiger partial charge on any atom is -0.453 e. The lowest BCUT2D eigenvalue weighted by molar-refractivity contribution is 0.0886. The second-order valence-corrected chi connectivity index (χ2v) is 5.85. The monoisotopic (exact) mass is 328 g/mol. The number of nitrogens with zero attached hydrogens (tertiary/aromatic N) is 1. The Morgan fingerprint density at radius 1 is 1.22 bits per heavy atom. The summed E-state index contributed by atoms with van der Waals surface area (Å²) >= 11 is 1.38. The third-order valence-electron chi connectivity index (χ3n) is 3.08. The highest BCUT2D eigenvalue weighted by Crippen LogP contribution is 2.17. The van der Waals surface area contributed by atoms with Gasteiger partial charge in [0.25, 0.3) is 5.91 Å². The van der Waals surface area contributed by atoms with Crippen LogP contribution in [0, 0.1) is 6.92 Å². The number of benzene rings is 1. The Hall–Kier alpha value is -2.44. The molecule has 6 heteroatoms. The van der Waals surface area contributed by atoms with Crippen LogP contribution in [0.25, 0.3) is 0 Å². The van der Waals surface area contributed by atoms with E-state index in [9.17, 15) is 4.79 Å². The summed E-state index contributed by atoms with van der Waals surface area (Å²) in [5.74, 6) is 0.547. The number of nitrogens with one attached hydrogen (secondary N) is 1. The number of rotatable bonds is 6. The number of carbonyl (C=O) groups is 1. The maximum atomic E-state index is 12.1. The van der Waals surface area contributed by atoms with Crippen LogP contribution in [0.4, 0.5) is 5.13 Å². The van der Waals surface area contributed by atoms with Crippen molar-refractivity contribution in [1.82, 2.24) is 4.98 Å². The lowest BCUT2D eigenvalue weighted by Crippen LogP contribution is -2.10. The van der Waals surface area contributed by atoms with E-state index in [4.69, 9.17) is 9.15 Å². The number of ether oxygens (including phenoxy) is 1. The fraction of sp³-hybridized carbons (Fsp3) is 0.176. The van der Waals surface area contributed by atoms with Gasteiger partial charge < -0.3 is 9.15 Å². The Bertz CT molecular complexity index is 780. The van der Waals surface area contributed by atoms with Crippen molar-refractivity contribution >= 4 is 22.4 Å². The van der Waals surface area contributed by atoms with E-state index < -0.39 is 0 Å². The van der Waals surface area contributed by atoms with Crippen LogP contribution in [0.2, 0.25) is 0 Å². The summed E-state index contributed by atoms with van der Waals surface area (Å²) in [6, 6.07) is 13.3. The summed E-state index contributed by atoms with van der Waals surface area (Å²) in [7, 11) is 0. The molecule has 1 amide bonds. The molecular weight excluding hydrogens is 312 g/mol. The highest BCUT2D eigenvalue weighted by Gasteiger charge is 2.13. The third-order valence-corrected chi connectivity index (χ3v) is 3.96. The molecule has 1 aromatic carbocycles. The molecule has 0 atom stereocenters. The molecule has 0 fully saturated rings. The van der Waals surface area contributed by atoms with Gasteiger partial charge in [-0.15, -0.1) is 11.3 Å². The molecule has 2 heterocycles. The van der Waals surface area contributed by atoms with Crippen LogP contribution in [0.3, 0.4) is 0 Å². The lowest BCUT2D eigenvalue weighted by atomic mass is 10.2. The Kier molecular flexibility index (Phi) is 4.85. The predicted octanol–water partition coefficient (Wildman–Crippen LogP) is 4.01. The number of hydrogen-bond donors (Lipinski definition) is 1. The zero-order chi connectivity index (χ0) is 16.1. The Morgan fingerprint density at radius 3 is 2.78 bits per heavy atom. The van der Waals surface area contributed by atoms with Crippen LogP contribution in [-0.2, 0) is 18.0 Å². The first-order chi connectivity index (χ1) is 11.2. The number of amides is 1. The summed E-state index contributed by atoms with van der Waals surface area (Å²) in [4.78, 5) is 16.2. The molecule has 1 N–H and O–H groups in total. The van der Waals surface area contributed by atoms with Gasteiger partial charge in [-0.2, -0.15) is 0 Å². The minimum atomic E-state index is -0.311. The molecule has 3 aromatic rings. The molecule has 0 bridgehead atoms. The lowest BCUT2D eigenvalue weighted by Gasteiger charge is -2.02. The number of furan rings is 1. The molecule has 5 nitrogen and oxygen atoms in total. The molecule has 0 radical (unpaired) electrons. The maximum absolute atomic E-state index is 12.1. The van der Waals surface area contributed by atoms with Crippen molar-refractivity contribution in [3.63, 3.8) is 0 Å². The topological polar surface area (TPSA) is 64.4 Å². The van der Waals surface area contributed by atoms with Crippen LogP contribution < -0.4 is 5.32 Å². The molecule has 0 unspecified atom stereocenters. The summed E-state index contributed by atoms with van der Waals surface area (Å²) in [6.45, 7) is 2.70. The van der Waals surface area contributed by atoms with Gasteiger partial charge in [0.2, 0.25) is 0 Å². The molecule has 0 saturated heterocycles. The number of thiazole rings is 1. The van der Waals surface area contributed by atoms with E-state index in [-0.39, 0.29) is 11.7 Å². The zero-order valence-electron chi connectivity index (χ0n) is 12.6. The fourth-order valence-electron chi connectivity index (χ4n) is 1.99. The summed E-state index contributed by atoms with van der Waals surface area (Å²) in [5, 5.41) is 5.14. The van der Waals surface area contributed by atoms with Crippen molar-refractivity contribution in [3.05, 3.63) is 70.6 Å². The molecular formula is C17H16N2O3S. The van der Waals surface area contributed by atoms with Crippen molar-refractivity contribution in [3.8, 4) is 0 Å². The highest BCUT2D eigenvalue weighted by atomic mass is 32.1. The van der Waals surface area contributed by atoms with Crippen LogP contribution in [0.5, 0.6) is 0 Å². The van der Waals surface area contributed by atoms with E-state index in [1.807, 2.05) is 42.6 Å². The van der Waals surface area contributed by atoms with Crippen molar-refractivity contribution in [2.75, 3.05) is 5.32 Å². The fourth-order valence-corrected chi connectivity index (χ4v) is 2.67. The molecule has 0 aliphatic heterocycles. The number of hydrogen-bond acceptors (Lipinski definition) is 5.